The number of urea groups is 1. The van der Waals surface area contributed by atoms with Crippen molar-refractivity contribution in [1.82, 2.24) is 10.6 Å². The van der Waals surface area contributed by atoms with E-state index in [-0.39, 0.29) is 24.8 Å². The van der Waals surface area contributed by atoms with Crippen molar-refractivity contribution in [3.8, 4) is 0 Å². The van der Waals surface area contributed by atoms with Crippen LogP contribution in [0.25, 0.3) is 0 Å². The maximum Gasteiger partial charge on any atom is 0.321 e. The first-order valence-electron chi connectivity index (χ1n) is 7.36. The van der Waals surface area contributed by atoms with Crippen LogP contribution in [0, 0.1) is 11.8 Å². The summed E-state index contributed by atoms with van der Waals surface area (Å²) in [5.41, 5.74) is 0. The van der Waals surface area contributed by atoms with Crippen molar-refractivity contribution < 1.29 is 19.5 Å². The monoisotopic (exact) mass is 282 g/mol. The van der Waals surface area contributed by atoms with E-state index in [0.717, 1.165) is 12.3 Å². The first-order valence-corrected chi connectivity index (χ1v) is 7.36. The van der Waals surface area contributed by atoms with Crippen LogP contribution in [0.15, 0.2) is 0 Å². The van der Waals surface area contributed by atoms with Gasteiger partial charge in [-0.2, -0.15) is 0 Å². The number of carboxylic acids is 1. The standard InChI is InChI=1S/C14H22N2O4/c17-12(3-1-2-4-13(18)19)16-14(20)15-11-8-9-5-6-10(11)7-9/h9-11H,1-8H2,(H,18,19)(H2,15,16,17,20). The fourth-order valence-corrected chi connectivity index (χ4v) is 3.38. The lowest BCUT2D eigenvalue weighted by molar-refractivity contribution is -0.137. The van der Waals surface area contributed by atoms with Gasteiger partial charge in [-0.05, 0) is 43.9 Å². The van der Waals surface area contributed by atoms with Gasteiger partial charge < -0.3 is 10.4 Å². The van der Waals surface area contributed by atoms with Gasteiger partial charge in [-0.25, -0.2) is 4.79 Å². The number of carbonyl (C=O) groups is 3. The van der Waals surface area contributed by atoms with Crippen LogP contribution in [0.1, 0.15) is 51.4 Å². The van der Waals surface area contributed by atoms with E-state index in [1.807, 2.05) is 0 Å². The average Bonchev–Trinajstić information content (AvgIpc) is 2.96. The topological polar surface area (TPSA) is 95.5 Å². The third-order valence-electron chi connectivity index (χ3n) is 4.35. The molecular formula is C14H22N2O4. The quantitative estimate of drug-likeness (QED) is 0.645. The molecule has 3 atom stereocenters. The number of aliphatic carboxylic acids is 1. The van der Waals surface area contributed by atoms with E-state index in [2.05, 4.69) is 10.6 Å². The van der Waals surface area contributed by atoms with Crippen molar-refractivity contribution in [2.75, 3.05) is 0 Å². The maximum absolute atomic E-state index is 11.7. The molecule has 0 heterocycles. The molecule has 0 spiro atoms. The fourth-order valence-electron chi connectivity index (χ4n) is 3.38. The molecule has 0 aromatic heterocycles. The minimum atomic E-state index is -0.862. The molecule has 112 valence electrons. The predicted molar refractivity (Wildman–Crippen MR) is 72.0 cm³/mol. The molecule has 6 nitrogen and oxygen atoms in total. The molecule has 0 radical (unpaired) electrons. The van der Waals surface area contributed by atoms with Gasteiger partial charge in [-0.1, -0.05) is 6.42 Å². The van der Waals surface area contributed by atoms with Crippen LogP contribution in [0.4, 0.5) is 4.79 Å². The number of carboxylic acid groups (broad SMARTS) is 1. The molecule has 3 unspecified atom stereocenters. The van der Waals surface area contributed by atoms with E-state index in [0.29, 0.717) is 18.8 Å². The first kappa shape index (κ1) is 14.8. The third-order valence-corrected chi connectivity index (χ3v) is 4.35. The molecule has 0 aromatic rings. The number of hydrogen-bond donors (Lipinski definition) is 3. The average molecular weight is 282 g/mol. The molecule has 2 bridgehead atoms. The van der Waals surface area contributed by atoms with E-state index >= 15 is 0 Å². The zero-order chi connectivity index (χ0) is 14.5. The molecule has 2 rings (SSSR count). The van der Waals surface area contributed by atoms with Crippen LogP contribution in [0.3, 0.4) is 0 Å². The van der Waals surface area contributed by atoms with Crippen LogP contribution in [0.5, 0.6) is 0 Å². The van der Waals surface area contributed by atoms with Gasteiger partial charge in [-0.15, -0.1) is 0 Å². The Hall–Kier alpha value is -1.59. The summed E-state index contributed by atoms with van der Waals surface area (Å²) in [5, 5.41) is 13.7. The highest BCUT2D eigenvalue weighted by Gasteiger charge is 2.40. The van der Waals surface area contributed by atoms with E-state index < -0.39 is 12.0 Å². The number of fused-ring (bicyclic) bond motifs is 2. The molecule has 0 aliphatic heterocycles. The summed E-state index contributed by atoms with van der Waals surface area (Å²) in [6, 6.07) is -0.195. The molecule has 3 amide bonds. The number of unbranched alkanes of at least 4 members (excludes halogenated alkanes) is 1. The van der Waals surface area contributed by atoms with E-state index in [9.17, 15) is 14.4 Å². The van der Waals surface area contributed by atoms with Crippen molar-refractivity contribution in [2.45, 2.75) is 57.4 Å². The molecule has 2 aliphatic rings. The number of imide groups is 1. The SMILES string of the molecule is O=C(O)CCCCC(=O)NC(=O)NC1CC2CCC1C2. The number of hydrogen-bond acceptors (Lipinski definition) is 3. The summed E-state index contributed by atoms with van der Waals surface area (Å²) >= 11 is 0. The normalized spacial score (nSPS) is 27.3. The number of nitrogens with one attached hydrogen (secondary N) is 2. The van der Waals surface area contributed by atoms with Crippen molar-refractivity contribution in [2.24, 2.45) is 11.8 Å². The number of amides is 3. The Kier molecular flexibility index (Phi) is 4.98. The molecule has 0 saturated heterocycles. The molecule has 2 aliphatic carbocycles. The number of carbonyl (C=O) groups excluding carboxylic acids is 2. The van der Waals surface area contributed by atoms with E-state index in [4.69, 9.17) is 5.11 Å². The molecule has 2 fully saturated rings. The van der Waals surface area contributed by atoms with Crippen LogP contribution < -0.4 is 10.6 Å². The summed E-state index contributed by atoms with van der Waals surface area (Å²) in [6.07, 6.45) is 5.88. The van der Waals surface area contributed by atoms with Crippen molar-refractivity contribution in [1.29, 1.82) is 0 Å². The van der Waals surface area contributed by atoms with Gasteiger partial charge in [-0.3, -0.25) is 14.9 Å². The van der Waals surface area contributed by atoms with Gasteiger partial charge in [0.15, 0.2) is 0 Å². The second kappa shape index (κ2) is 6.72. The summed E-state index contributed by atoms with van der Waals surface area (Å²) in [6.45, 7) is 0. The van der Waals surface area contributed by atoms with Gasteiger partial charge in [0.2, 0.25) is 5.91 Å². The second-order valence-corrected chi connectivity index (χ2v) is 5.90. The molecule has 0 aromatic carbocycles. The van der Waals surface area contributed by atoms with E-state index in [1.165, 1.54) is 19.3 Å². The van der Waals surface area contributed by atoms with Gasteiger partial charge in [0.25, 0.3) is 0 Å². The highest BCUT2D eigenvalue weighted by Crippen LogP contribution is 2.44. The zero-order valence-electron chi connectivity index (χ0n) is 11.6. The van der Waals surface area contributed by atoms with Gasteiger partial charge >= 0.3 is 12.0 Å². The first-order chi connectivity index (χ1) is 9.54. The Balaban J connectivity index is 1.59. The van der Waals surface area contributed by atoms with Crippen molar-refractivity contribution in [3.63, 3.8) is 0 Å². The maximum atomic E-state index is 11.7. The largest absolute Gasteiger partial charge is 0.481 e. The Labute approximate surface area is 118 Å². The van der Waals surface area contributed by atoms with Crippen LogP contribution in [-0.4, -0.2) is 29.1 Å². The molecule has 20 heavy (non-hydrogen) atoms. The smallest absolute Gasteiger partial charge is 0.321 e. The lowest BCUT2D eigenvalue weighted by Gasteiger charge is -2.22. The lowest BCUT2D eigenvalue weighted by atomic mass is 9.95. The highest BCUT2D eigenvalue weighted by atomic mass is 16.4. The third kappa shape index (κ3) is 4.21. The Bertz CT molecular complexity index is 397. The minimum Gasteiger partial charge on any atom is -0.481 e. The Morgan fingerprint density at radius 1 is 1.05 bits per heavy atom. The summed E-state index contributed by atoms with van der Waals surface area (Å²) in [7, 11) is 0. The summed E-state index contributed by atoms with van der Waals surface area (Å²) < 4.78 is 0. The van der Waals surface area contributed by atoms with Crippen molar-refractivity contribution in [3.05, 3.63) is 0 Å². The van der Waals surface area contributed by atoms with E-state index in [1.54, 1.807) is 0 Å². The fraction of sp³-hybridized carbons (Fsp3) is 0.786. The Morgan fingerprint density at radius 3 is 2.40 bits per heavy atom. The van der Waals surface area contributed by atoms with Gasteiger partial charge in [0.05, 0.1) is 0 Å². The molecule has 2 saturated carbocycles. The van der Waals surface area contributed by atoms with Crippen molar-refractivity contribution >= 4 is 17.9 Å². The zero-order valence-corrected chi connectivity index (χ0v) is 11.6. The second-order valence-electron chi connectivity index (χ2n) is 5.90. The molecule has 6 heteroatoms. The highest BCUT2D eigenvalue weighted by molar-refractivity contribution is 5.94. The number of rotatable bonds is 6. The van der Waals surface area contributed by atoms with Gasteiger partial charge in [0, 0.05) is 18.9 Å². The molecular weight excluding hydrogens is 260 g/mol. The summed E-state index contributed by atoms with van der Waals surface area (Å²) in [4.78, 5) is 33.5. The van der Waals surface area contributed by atoms with Crippen LogP contribution in [-0.2, 0) is 9.59 Å². The lowest BCUT2D eigenvalue weighted by Crippen LogP contribution is -2.46. The molecule has 3 N–H and O–H groups in total. The Morgan fingerprint density at radius 2 is 1.80 bits per heavy atom. The minimum absolute atomic E-state index is 0.0601. The van der Waals surface area contributed by atoms with Crippen LogP contribution in [0.2, 0.25) is 0 Å². The van der Waals surface area contributed by atoms with Crippen LogP contribution >= 0.6 is 0 Å². The van der Waals surface area contributed by atoms with Gasteiger partial charge in [0.1, 0.15) is 0 Å². The predicted octanol–water partition coefficient (Wildman–Crippen LogP) is 1.65. The summed E-state index contributed by atoms with van der Waals surface area (Å²) in [5.74, 6) is 0.129.